The summed E-state index contributed by atoms with van der Waals surface area (Å²) in [5, 5.41) is 6.71. The van der Waals surface area contributed by atoms with Crippen molar-refractivity contribution in [3.05, 3.63) is 47.5 Å². The fourth-order valence-corrected chi connectivity index (χ4v) is 1.54. The number of halogens is 1. The zero-order valence-electron chi connectivity index (χ0n) is 10.3. The first-order valence-corrected chi connectivity index (χ1v) is 5.70. The van der Waals surface area contributed by atoms with E-state index < -0.39 is 0 Å². The number of carbonyl (C=O) groups excluding carboxylic acids is 1. The van der Waals surface area contributed by atoms with Crippen LogP contribution in [0.2, 0.25) is 0 Å². The maximum atomic E-state index is 13.3. The summed E-state index contributed by atoms with van der Waals surface area (Å²) in [5.41, 5.74) is 1.41. The standard InChI is InChI=1S/C13H14FN3O/c1-3-17-8-11(7-15-17)16-13(18)10-5-4-9(2)12(14)6-10/h4-8H,3H2,1-2H3,(H,16,18). The molecular formula is C13H14FN3O. The Morgan fingerprint density at radius 1 is 1.50 bits per heavy atom. The number of aromatic nitrogens is 2. The number of benzene rings is 1. The van der Waals surface area contributed by atoms with E-state index in [0.717, 1.165) is 6.54 Å². The summed E-state index contributed by atoms with van der Waals surface area (Å²) in [6.45, 7) is 4.34. The normalized spacial score (nSPS) is 10.4. The van der Waals surface area contributed by atoms with Gasteiger partial charge in [-0.1, -0.05) is 6.07 Å². The van der Waals surface area contributed by atoms with E-state index in [2.05, 4.69) is 10.4 Å². The van der Waals surface area contributed by atoms with Crippen LogP contribution in [0.4, 0.5) is 10.1 Å². The molecule has 1 aromatic heterocycles. The van der Waals surface area contributed by atoms with Crippen LogP contribution in [0.3, 0.4) is 0 Å². The van der Waals surface area contributed by atoms with Crippen molar-refractivity contribution in [1.29, 1.82) is 0 Å². The minimum atomic E-state index is -0.382. The van der Waals surface area contributed by atoms with Gasteiger partial charge in [0.1, 0.15) is 5.82 Å². The molecule has 4 nitrogen and oxygen atoms in total. The van der Waals surface area contributed by atoms with Crippen LogP contribution in [0.25, 0.3) is 0 Å². The van der Waals surface area contributed by atoms with Crippen molar-refractivity contribution < 1.29 is 9.18 Å². The van der Waals surface area contributed by atoms with E-state index in [1.54, 1.807) is 36.1 Å². The van der Waals surface area contributed by atoms with Gasteiger partial charge in [-0.3, -0.25) is 9.48 Å². The maximum absolute atomic E-state index is 13.3. The van der Waals surface area contributed by atoms with Crippen molar-refractivity contribution in [1.82, 2.24) is 9.78 Å². The zero-order chi connectivity index (χ0) is 13.1. The molecule has 0 aliphatic carbocycles. The first kappa shape index (κ1) is 12.3. The first-order valence-electron chi connectivity index (χ1n) is 5.70. The van der Waals surface area contributed by atoms with Gasteiger partial charge in [0.05, 0.1) is 11.9 Å². The van der Waals surface area contributed by atoms with Crippen LogP contribution >= 0.6 is 0 Å². The van der Waals surface area contributed by atoms with Crippen LogP contribution in [-0.2, 0) is 6.54 Å². The van der Waals surface area contributed by atoms with Crippen LogP contribution in [0.15, 0.2) is 30.6 Å². The largest absolute Gasteiger partial charge is 0.319 e. The van der Waals surface area contributed by atoms with Crippen molar-refractivity contribution in [3.8, 4) is 0 Å². The van der Waals surface area contributed by atoms with Gasteiger partial charge in [0.15, 0.2) is 0 Å². The summed E-state index contributed by atoms with van der Waals surface area (Å²) in [5.74, 6) is -0.726. The second kappa shape index (κ2) is 5.00. The molecule has 0 saturated carbocycles. The maximum Gasteiger partial charge on any atom is 0.255 e. The molecule has 1 heterocycles. The molecule has 5 heteroatoms. The molecule has 0 fully saturated rings. The molecule has 0 bridgehead atoms. The van der Waals surface area contributed by atoms with Crippen LogP contribution in [0, 0.1) is 12.7 Å². The van der Waals surface area contributed by atoms with Gasteiger partial charge in [-0.15, -0.1) is 0 Å². The summed E-state index contributed by atoms with van der Waals surface area (Å²) >= 11 is 0. The predicted octanol–water partition coefficient (Wildman–Crippen LogP) is 2.60. The van der Waals surface area contributed by atoms with Crippen molar-refractivity contribution in [3.63, 3.8) is 0 Å². The molecule has 0 aliphatic heterocycles. The Morgan fingerprint density at radius 3 is 2.89 bits per heavy atom. The Hall–Kier alpha value is -2.17. The van der Waals surface area contributed by atoms with E-state index in [0.29, 0.717) is 16.8 Å². The van der Waals surface area contributed by atoms with E-state index in [9.17, 15) is 9.18 Å². The molecule has 0 unspecified atom stereocenters. The Kier molecular flexibility index (Phi) is 3.41. The Bertz CT molecular complexity index is 577. The molecule has 0 atom stereocenters. The molecule has 1 N–H and O–H groups in total. The third-order valence-electron chi connectivity index (χ3n) is 2.65. The van der Waals surface area contributed by atoms with Gasteiger partial charge in [0, 0.05) is 18.3 Å². The lowest BCUT2D eigenvalue weighted by Crippen LogP contribution is -2.11. The van der Waals surface area contributed by atoms with E-state index in [-0.39, 0.29) is 11.7 Å². The van der Waals surface area contributed by atoms with Gasteiger partial charge in [0.25, 0.3) is 5.91 Å². The number of aryl methyl sites for hydroxylation is 2. The number of amides is 1. The van der Waals surface area contributed by atoms with Gasteiger partial charge in [-0.25, -0.2) is 4.39 Å². The van der Waals surface area contributed by atoms with E-state index in [1.165, 1.54) is 6.07 Å². The van der Waals surface area contributed by atoms with Gasteiger partial charge in [-0.05, 0) is 31.5 Å². The monoisotopic (exact) mass is 247 g/mol. The second-order valence-electron chi connectivity index (χ2n) is 4.00. The molecule has 94 valence electrons. The number of hydrogen-bond donors (Lipinski definition) is 1. The highest BCUT2D eigenvalue weighted by atomic mass is 19.1. The Labute approximate surface area is 104 Å². The quantitative estimate of drug-likeness (QED) is 0.906. The zero-order valence-corrected chi connectivity index (χ0v) is 10.3. The summed E-state index contributed by atoms with van der Waals surface area (Å²) in [4.78, 5) is 11.9. The average molecular weight is 247 g/mol. The fourth-order valence-electron chi connectivity index (χ4n) is 1.54. The highest BCUT2D eigenvalue weighted by Crippen LogP contribution is 2.12. The highest BCUT2D eigenvalue weighted by Gasteiger charge is 2.09. The lowest BCUT2D eigenvalue weighted by Gasteiger charge is -2.03. The van der Waals surface area contributed by atoms with Gasteiger partial charge < -0.3 is 5.32 Å². The molecule has 0 aliphatic rings. The second-order valence-corrected chi connectivity index (χ2v) is 4.00. The number of nitrogens with one attached hydrogen (secondary N) is 1. The van der Waals surface area contributed by atoms with Gasteiger partial charge in [0.2, 0.25) is 0 Å². The molecular weight excluding hydrogens is 233 g/mol. The van der Waals surface area contributed by atoms with Crippen molar-refractivity contribution in [2.75, 3.05) is 5.32 Å². The smallest absolute Gasteiger partial charge is 0.255 e. The summed E-state index contributed by atoms with van der Waals surface area (Å²) in [7, 11) is 0. The van der Waals surface area contributed by atoms with Crippen molar-refractivity contribution in [2.24, 2.45) is 0 Å². The predicted molar refractivity (Wildman–Crippen MR) is 67.0 cm³/mol. The molecule has 1 amide bonds. The van der Waals surface area contributed by atoms with Crippen LogP contribution in [0.1, 0.15) is 22.8 Å². The SMILES string of the molecule is CCn1cc(NC(=O)c2ccc(C)c(F)c2)cn1. The molecule has 2 aromatic rings. The Balaban J connectivity index is 2.14. The number of anilines is 1. The molecule has 0 radical (unpaired) electrons. The first-order chi connectivity index (χ1) is 8.60. The number of rotatable bonds is 3. The van der Waals surface area contributed by atoms with E-state index in [4.69, 9.17) is 0 Å². The molecule has 0 spiro atoms. The molecule has 1 aromatic carbocycles. The van der Waals surface area contributed by atoms with Crippen LogP contribution < -0.4 is 5.32 Å². The minimum Gasteiger partial charge on any atom is -0.319 e. The summed E-state index contributed by atoms with van der Waals surface area (Å²) < 4.78 is 15.0. The fraction of sp³-hybridized carbons (Fsp3) is 0.231. The van der Waals surface area contributed by atoms with E-state index >= 15 is 0 Å². The van der Waals surface area contributed by atoms with Crippen LogP contribution in [-0.4, -0.2) is 15.7 Å². The molecule has 0 saturated heterocycles. The van der Waals surface area contributed by atoms with Crippen LogP contribution in [0.5, 0.6) is 0 Å². The number of hydrogen-bond acceptors (Lipinski definition) is 2. The number of carbonyl (C=O) groups is 1. The summed E-state index contributed by atoms with van der Waals surface area (Å²) in [6.07, 6.45) is 3.29. The third-order valence-corrected chi connectivity index (χ3v) is 2.65. The van der Waals surface area contributed by atoms with Crippen molar-refractivity contribution in [2.45, 2.75) is 20.4 Å². The third kappa shape index (κ3) is 2.56. The lowest BCUT2D eigenvalue weighted by molar-refractivity contribution is 0.102. The molecule has 2 rings (SSSR count). The lowest BCUT2D eigenvalue weighted by atomic mass is 10.1. The number of nitrogens with zero attached hydrogens (tertiary/aromatic N) is 2. The molecule has 18 heavy (non-hydrogen) atoms. The topological polar surface area (TPSA) is 46.9 Å². The Morgan fingerprint density at radius 2 is 2.28 bits per heavy atom. The summed E-state index contributed by atoms with van der Waals surface area (Å²) in [6, 6.07) is 4.41. The van der Waals surface area contributed by atoms with Gasteiger partial charge in [-0.2, -0.15) is 5.10 Å². The average Bonchev–Trinajstić information content (AvgIpc) is 2.80. The highest BCUT2D eigenvalue weighted by molar-refractivity contribution is 6.04. The van der Waals surface area contributed by atoms with E-state index in [1.807, 2.05) is 6.92 Å². The minimum absolute atomic E-state index is 0.294. The van der Waals surface area contributed by atoms with Gasteiger partial charge >= 0.3 is 0 Å². The van der Waals surface area contributed by atoms with Crippen molar-refractivity contribution >= 4 is 11.6 Å².